The van der Waals surface area contributed by atoms with Crippen LogP contribution < -0.4 is 0 Å². The summed E-state index contributed by atoms with van der Waals surface area (Å²) in [6, 6.07) is 0. The molecule has 0 atom stereocenters. The molecule has 76 valence electrons. The van der Waals surface area contributed by atoms with E-state index in [9.17, 15) is 4.79 Å². The fourth-order valence-corrected chi connectivity index (χ4v) is 1.09. The quantitative estimate of drug-likeness (QED) is 0.468. The van der Waals surface area contributed by atoms with Crippen molar-refractivity contribution in [2.45, 2.75) is 45.6 Å². The first-order valence-electron chi connectivity index (χ1n) is 4.68. The van der Waals surface area contributed by atoms with Crippen LogP contribution in [0.3, 0.4) is 0 Å². The van der Waals surface area contributed by atoms with Crippen molar-refractivity contribution >= 4 is 6.29 Å². The number of carbonyl (C=O) groups excluding carboxylic acids is 1. The smallest absolute Gasteiger partial charge is 0.142 e. The predicted octanol–water partition coefficient (Wildman–Crippen LogP) is 2.73. The summed E-state index contributed by atoms with van der Waals surface area (Å²) in [4.78, 5) is 10.1. The van der Waals surface area contributed by atoms with E-state index < -0.39 is 0 Å². The van der Waals surface area contributed by atoms with Crippen molar-refractivity contribution in [3.8, 4) is 0 Å². The molecule has 0 saturated carbocycles. The average molecular weight is 184 g/mol. The fraction of sp³-hybridized carbons (Fsp3) is 0.727. The summed E-state index contributed by atoms with van der Waals surface area (Å²) in [5, 5.41) is 0. The van der Waals surface area contributed by atoms with Gasteiger partial charge in [-0.1, -0.05) is 5.57 Å². The molecular weight excluding hydrogens is 164 g/mol. The highest BCUT2D eigenvalue weighted by Crippen LogP contribution is 2.18. The predicted molar refractivity (Wildman–Crippen MR) is 54.8 cm³/mol. The highest BCUT2D eigenvalue weighted by molar-refractivity contribution is 5.65. The van der Waals surface area contributed by atoms with Crippen molar-refractivity contribution in [3.05, 3.63) is 11.6 Å². The Morgan fingerprint density at radius 3 is 2.54 bits per heavy atom. The molecule has 0 amide bonds. The van der Waals surface area contributed by atoms with Crippen molar-refractivity contribution in [1.29, 1.82) is 0 Å². The first kappa shape index (κ1) is 12.4. The van der Waals surface area contributed by atoms with E-state index in [1.165, 1.54) is 0 Å². The maximum atomic E-state index is 10.1. The van der Waals surface area contributed by atoms with Crippen LogP contribution in [0.15, 0.2) is 11.6 Å². The summed E-state index contributed by atoms with van der Waals surface area (Å²) in [6.45, 7) is 6.13. The van der Waals surface area contributed by atoms with Gasteiger partial charge in [0.15, 0.2) is 0 Å². The molecule has 0 aromatic carbocycles. The molecule has 0 aliphatic carbocycles. The van der Waals surface area contributed by atoms with Gasteiger partial charge in [0.05, 0.1) is 5.60 Å². The molecule has 0 aliphatic heterocycles. The largest absolute Gasteiger partial charge is 0.379 e. The highest BCUT2D eigenvalue weighted by Gasteiger charge is 2.14. The molecule has 0 saturated heterocycles. The second-order valence-electron chi connectivity index (χ2n) is 3.97. The topological polar surface area (TPSA) is 26.3 Å². The summed E-state index contributed by atoms with van der Waals surface area (Å²) < 4.78 is 5.29. The van der Waals surface area contributed by atoms with E-state index in [2.05, 4.69) is 13.8 Å². The number of rotatable bonds is 6. The molecule has 0 heterocycles. The van der Waals surface area contributed by atoms with Gasteiger partial charge in [0, 0.05) is 7.11 Å². The number of ether oxygens (including phenoxy) is 1. The summed E-state index contributed by atoms with van der Waals surface area (Å²) in [5.74, 6) is 0. The lowest BCUT2D eigenvalue weighted by atomic mass is 9.99. The summed E-state index contributed by atoms with van der Waals surface area (Å²) >= 11 is 0. The third-order valence-electron chi connectivity index (χ3n) is 2.26. The maximum absolute atomic E-state index is 10.1. The van der Waals surface area contributed by atoms with Crippen molar-refractivity contribution in [2.75, 3.05) is 7.11 Å². The number of hydrogen-bond acceptors (Lipinski definition) is 2. The Balaban J connectivity index is 3.67. The Morgan fingerprint density at radius 1 is 1.46 bits per heavy atom. The van der Waals surface area contributed by atoms with Crippen LogP contribution in [0.1, 0.15) is 40.0 Å². The molecule has 0 bridgehead atoms. The minimum absolute atomic E-state index is 0.0402. The molecule has 0 aromatic heterocycles. The molecule has 0 aromatic rings. The van der Waals surface area contributed by atoms with E-state index in [0.29, 0.717) is 0 Å². The molecule has 0 radical (unpaired) electrons. The van der Waals surface area contributed by atoms with E-state index in [0.717, 1.165) is 31.1 Å². The highest BCUT2D eigenvalue weighted by atomic mass is 16.5. The van der Waals surface area contributed by atoms with Gasteiger partial charge < -0.3 is 4.74 Å². The average Bonchev–Trinajstić information content (AvgIpc) is 2.05. The minimum atomic E-state index is -0.0402. The summed E-state index contributed by atoms with van der Waals surface area (Å²) in [7, 11) is 1.73. The second-order valence-corrected chi connectivity index (χ2v) is 3.97. The van der Waals surface area contributed by atoms with Crippen LogP contribution in [-0.4, -0.2) is 19.0 Å². The van der Waals surface area contributed by atoms with Crippen LogP contribution in [0, 0.1) is 0 Å². The van der Waals surface area contributed by atoms with E-state index in [-0.39, 0.29) is 5.60 Å². The zero-order chi connectivity index (χ0) is 10.3. The lowest BCUT2D eigenvalue weighted by Crippen LogP contribution is -2.21. The van der Waals surface area contributed by atoms with Crippen LogP contribution in [0.25, 0.3) is 0 Å². The van der Waals surface area contributed by atoms with Gasteiger partial charge in [0.1, 0.15) is 6.29 Å². The van der Waals surface area contributed by atoms with Crippen molar-refractivity contribution < 1.29 is 9.53 Å². The molecule has 2 nitrogen and oxygen atoms in total. The molecule has 0 N–H and O–H groups in total. The van der Waals surface area contributed by atoms with Crippen LogP contribution in [0.4, 0.5) is 0 Å². The van der Waals surface area contributed by atoms with Gasteiger partial charge in [0.25, 0.3) is 0 Å². The zero-order valence-electron chi connectivity index (χ0n) is 9.09. The summed E-state index contributed by atoms with van der Waals surface area (Å²) in [6.07, 6.45) is 5.53. The second kappa shape index (κ2) is 5.92. The van der Waals surface area contributed by atoms with Gasteiger partial charge in [-0.15, -0.1) is 0 Å². The normalized spacial score (nSPS) is 13.1. The number of hydrogen-bond donors (Lipinski definition) is 0. The molecule has 13 heavy (non-hydrogen) atoms. The lowest BCUT2D eigenvalue weighted by Gasteiger charge is -2.22. The van der Waals surface area contributed by atoms with Gasteiger partial charge in [0.2, 0.25) is 0 Å². The zero-order valence-corrected chi connectivity index (χ0v) is 9.09. The Bertz CT molecular complexity index is 181. The molecule has 0 rings (SSSR count). The molecule has 0 aliphatic rings. The monoisotopic (exact) mass is 184 g/mol. The van der Waals surface area contributed by atoms with Gasteiger partial charge >= 0.3 is 0 Å². The van der Waals surface area contributed by atoms with Gasteiger partial charge in [-0.25, -0.2) is 0 Å². The number of allylic oxidation sites excluding steroid dienone is 2. The first-order valence-corrected chi connectivity index (χ1v) is 4.68. The Labute approximate surface area is 81.0 Å². The number of aldehydes is 1. The van der Waals surface area contributed by atoms with Crippen LogP contribution >= 0.6 is 0 Å². The number of carbonyl (C=O) groups is 1. The maximum Gasteiger partial charge on any atom is 0.142 e. The number of methoxy groups -OCH3 is 1. The SMILES string of the molecule is COC(C)(C)CCCC(C)=CC=O. The Morgan fingerprint density at radius 2 is 2.08 bits per heavy atom. The van der Waals surface area contributed by atoms with E-state index in [1.807, 2.05) is 6.92 Å². The standard InChI is InChI=1S/C11H20O2/c1-10(7-9-12)6-5-8-11(2,3)13-4/h7,9H,5-6,8H2,1-4H3. The minimum Gasteiger partial charge on any atom is -0.379 e. The van der Waals surface area contributed by atoms with Crippen LogP contribution in [-0.2, 0) is 9.53 Å². The molecule has 0 fully saturated rings. The third kappa shape index (κ3) is 6.52. The van der Waals surface area contributed by atoms with Crippen molar-refractivity contribution in [1.82, 2.24) is 0 Å². The first-order chi connectivity index (χ1) is 6.02. The molecular formula is C11H20O2. The molecule has 0 spiro atoms. The third-order valence-corrected chi connectivity index (χ3v) is 2.26. The van der Waals surface area contributed by atoms with Crippen LogP contribution in [0.5, 0.6) is 0 Å². The van der Waals surface area contributed by atoms with Gasteiger partial charge in [-0.3, -0.25) is 4.79 Å². The fourth-order valence-electron chi connectivity index (χ4n) is 1.09. The van der Waals surface area contributed by atoms with Crippen molar-refractivity contribution in [3.63, 3.8) is 0 Å². The van der Waals surface area contributed by atoms with E-state index >= 15 is 0 Å². The van der Waals surface area contributed by atoms with Gasteiger partial charge in [-0.05, 0) is 46.1 Å². The Kier molecular flexibility index (Phi) is 5.63. The van der Waals surface area contributed by atoms with Crippen LogP contribution in [0.2, 0.25) is 0 Å². The lowest BCUT2D eigenvalue weighted by molar-refractivity contribution is -0.104. The van der Waals surface area contributed by atoms with Gasteiger partial charge in [-0.2, -0.15) is 0 Å². The molecule has 0 unspecified atom stereocenters. The Hall–Kier alpha value is -0.630. The molecule has 2 heteroatoms. The van der Waals surface area contributed by atoms with E-state index in [4.69, 9.17) is 4.74 Å². The van der Waals surface area contributed by atoms with Crippen molar-refractivity contribution in [2.24, 2.45) is 0 Å². The van der Waals surface area contributed by atoms with E-state index in [1.54, 1.807) is 13.2 Å². The summed E-state index contributed by atoms with van der Waals surface area (Å²) in [5.41, 5.74) is 1.10.